The van der Waals surface area contributed by atoms with Crippen LogP contribution < -0.4 is 10.6 Å². The number of nitrogens with one attached hydrogen (secondary N) is 2. The van der Waals surface area contributed by atoms with Crippen LogP contribution in [-0.4, -0.2) is 26.2 Å². The maximum absolute atomic E-state index is 3.66. The van der Waals surface area contributed by atoms with Crippen molar-refractivity contribution in [2.24, 2.45) is 11.3 Å². The highest BCUT2D eigenvalue weighted by atomic mass is 14.9. The van der Waals surface area contributed by atoms with Gasteiger partial charge in [0.2, 0.25) is 0 Å². The summed E-state index contributed by atoms with van der Waals surface area (Å²) in [6.45, 7) is 11.5. The molecule has 2 N–H and O–H groups in total. The summed E-state index contributed by atoms with van der Waals surface area (Å²) < 4.78 is 0. The van der Waals surface area contributed by atoms with Crippen molar-refractivity contribution in [3.63, 3.8) is 0 Å². The van der Waals surface area contributed by atoms with Crippen molar-refractivity contribution in [1.82, 2.24) is 10.6 Å². The second-order valence-corrected chi connectivity index (χ2v) is 5.92. The maximum atomic E-state index is 3.66. The molecule has 1 aliphatic rings. The molecule has 0 radical (unpaired) electrons. The molecule has 0 aromatic carbocycles. The van der Waals surface area contributed by atoms with Crippen LogP contribution in [0.3, 0.4) is 0 Å². The highest BCUT2D eigenvalue weighted by molar-refractivity contribution is 4.80. The molecule has 0 bridgehead atoms. The first kappa shape index (κ1) is 14.0. The molecule has 0 amide bonds. The lowest BCUT2D eigenvalue weighted by molar-refractivity contribution is 0.205. The zero-order valence-electron chi connectivity index (χ0n) is 11.4. The molecule has 1 fully saturated rings. The highest BCUT2D eigenvalue weighted by Gasteiger charge is 2.26. The Labute approximate surface area is 102 Å². The highest BCUT2D eigenvalue weighted by Crippen LogP contribution is 2.34. The summed E-state index contributed by atoms with van der Waals surface area (Å²) in [4.78, 5) is 0. The third kappa shape index (κ3) is 5.31. The van der Waals surface area contributed by atoms with Gasteiger partial charge in [0.15, 0.2) is 0 Å². The van der Waals surface area contributed by atoms with Crippen LogP contribution in [0.4, 0.5) is 0 Å². The molecular formula is C14H30N2. The number of rotatable bonds is 7. The summed E-state index contributed by atoms with van der Waals surface area (Å²) in [6.07, 6.45) is 7.16. The normalized spacial score (nSPS) is 21.9. The summed E-state index contributed by atoms with van der Waals surface area (Å²) in [5, 5.41) is 7.07. The van der Waals surface area contributed by atoms with E-state index in [1.165, 1.54) is 38.6 Å². The van der Waals surface area contributed by atoms with E-state index in [4.69, 9.17) is 0 Å². The van der Waals surface area contributed by atoms with E-state index in [9.17, 15) is 0 Å². The molecule has 0 aliphatic heterocycles. The van der Waals surface area contributed by atoms with E-state index in [1.54, 1.807) is 0 Å². The Balaban J connectivity index is 2.09. The standard InChI is InChI=1S/C14H30N2/c1-4-15-10-13(2)11-16-12-14(3)8-6-5-7-9-14/h13,15-16H,4-12H2,1-3H3. The zero-order chi connectivity index (χ0) is 11.9. The van der Waals surface area contributed by atoms with Crippen LogP contribution in [0.5, 0.6) is 0 Å². The van der Waals surface area contributed by atoms with E-state index in [-0.39, 0.29) is 0 Å². The van der Waals surface area contributed by atoms with E-state index in [0.717, 1.165) is 25.6 Å². The van der Waals surface area contributed by atoms with Gasteiger partial charge in [-0.1, -0.05) is 40.0 Å². The molecule has 1 unspecified atom stereocenters. The lowest BCUT2D eigenvalue weighted by Gasteiger charge is -2.34. The van der Waals surface area contributed by atoms with Gasteiger partial charge in [-0.3, -0.25) is 0 Å². The van der Waals surface area contributed by atoms with Gasteiger partial charge < -0.3 is 10.6 Å². The monoisotopic (exact) mass is 226 g/mol. The quantitative estimate of drug-likeness (QED) is 0.697. The summed E-state index contributed by atoms with van der Waals surface area (Å²) in [5.74, 6) is 0.743. The van der Waals surface area contributed by atoms with E-state index in [1.807, 2.05) is 0 Å². The average molecular weight is 226 g/mol. The van der Waals surface area contributed by atoms with E-state index in [0.29, 0.717) is 5.41 Å². The van der Waals surface area contributed by atoms with Gasteiger partial charge in [-0.15, -0.1) is 0 Å². The zero-order valence-corrected chi connectivity index (χ0v) is 11.4. The van der Waals surface area contributed by atoms with Gasteiger partial charge in [-0.2, -0.15) is 0 Å². The topological polar surface area (TPSA) is 24.1 Å². The minimum Gasteiger partial charge on any atom is -0.317 e. The maximum Gasteiger partial charge on any atom is 0.000528 e. The number of hydrogen-bond acceptors (Lipinski definition) is 2. The van der Waals surface area contributed by atoms with Crippen molar-refractivity contribution in [3.05, 3.63) is 0 Å². The first-order chi connectivity index (χ1) is 7.66. The smallest absolute Gasteiger partial charge is 0.000528 e. The Bertz CT molecular complexity index is 174. The Hall–Kier alpha value is -0.0800. The SMILES string of the molecule is CCNCC(C)CNCC1(C)CCCCC1. The van der Waals surface area contributed by atoms with Gasteiger partial charge in [0.05, 0.1) is 0 Å². The molecule has 0 aromatic rings. The van der Waals surface area contributed by atoms with Crippen molar-refractivity contribution in [3.8, 4) is 0 Å². The largest absolute Gasteiger partial charge is 0.317 e. The fraction of sp³-hybridized carbons (Fsp3) is 1.00. The van der Waals surface area contributed by atoms with Gasteiger partial charge in [0.1, 0.15) is 0 Å². The molecule has 1 aliphatic carbocycles. The first-order valence-electron chi connectivity index (χ1n) is 7.08. The summed E-state index contributed by atoms with van der Waals surface area (Å²) in [7, 11) is 0. The minimum atomic E-state index is 0.580. The Kier molecular flexibility index (Phi) is 6.37. The van der Waals surface area contributed by atoms with Crippen LogP contribution >= 0.6 is 0 Å². The molecule has 96 valence electrons. The molecule has 16 heavy (non-hydrogen) atoms. The number of hydrogen-bond donors (Lipinski definition) is 2. The molecule has 1 rings (SSSR count). The van der Waals surface area contributed by atoms with Gasteiger partial charge in [-0.05, 0) is 43.8 Å². The molecule has 2 heteroatoms. The van der Waals surface area contributed by atoms with E-state index in [2.05, 4.69) is 31.4 Å². The molecule has 0 heterocycles. The summed E-state index contributed by atoms with van der Waals surface area (Å²) in [6, 6.07) is 0. The Morgan fingerprint density at radius 1 is 1.06 bits per heavy atom. The molecule has 0 aromatic heterocycles. The lowest BCUT2D eigenvalue weighted by atomic mass is 9.76. The second-order valence-electron chi connectivity index (χ2n) is 5.92. The van der Waals surface area contributed by atoms with Crippen molar-refractivity contribution in [1.29, 1.82) is 0 Å². The van der Waals surface area contributed by atoms with Crippen molar-refractivity contribution in [2.45, 2.75) is 52.9 Å². The van der Waals surface area contributed by atoms with Crippen LogP contribution in [-0.2, 0) is 0 Å². The Morgan fingerprint density at radius 3 is 2.31 bits per heavy atom. The van der Waals surface area contributed by atoms with Gasteiger partial charge in [0.25, 0.3) is 0 Å². The first-order valence-corrected chi connectivity index (χ1v) is 7.08. The van der Waals surface area contributed by atoms with Crippen molar-refractivity contribution < 1.29 is 0 Å². The lowest BCUT2D eigenvalue weighted by Crippen LogP contribution is -2.37. The summed E-state index contributed by atoms with van der Waals surface area (Å²) >= 11 is 0. The molecule has 0 saturated heterocycles. The second kappa shape index (κ2) is 7.29. The van der Waals surface area contributed by atoms with Crippen molar-refractivity contribution >= 4 is 0 Å². The van der Waals surface area contributed by atoms with Crippen molar-refractivity contribution in [2.75, 3.05) is 26.2 Å². The van der Waals surface area contributed by atoms with Gasteiger partial charge >= 0.3 is 0 Å². The molecule has 0 spiro atoms. The third-order valence-corrected chi connectivity index (χ3v) is 3.85. The van der Waals surface area contributed by atoms with E-state index >= 15 is 0 Å². The Morgan fingerprint density at radius 2 is 1.69 bits per heavy atom. The molecule has 2 nitrogen and oxygen atoms in total. The van der Waals surface area contributed by atoms with Gasteiger partial charge in [0, 0.05) is 6.54 Å². The fourth-order valence-corrected chi connectivity index (χ4v) is 2.67. The third-order valence-electron chi connectivity index (χ3n) is 3.85. The van der Waals surface area contributed by atoms with Crippen LogP contribution in [0.25, 0.3) is 0 Å². The minimum absolute atomic E-state index is 0.580. The van der Waals surface area contributed by atoms with Crippen LogP contribution in [0.1, 0.15) is 52.9 Å². The predicted molar refractivity (Wildman–Crippen MR) is 71.8 cm³/mol. The van der Waals surface area contributed by atoms with Crippen LogP contribution in [0.2, 0.25) is 0 Å². The van der Waals surface area contributed by atoms with E-state index < -0.39 is 0 Å². The summed E-state index contributed by atoms with van der Waals surface area (Å²) in [5.41, 5.74) is 0.580. The molecule has 1 saturated carbocycles. The molecular weight excluding hydrogens is 196 g/mol. The van der Waals surface area contributed by atoms with Crippen LogP contribution in [0.15, 0.2) is 0 Å². The fourth-order valence-electron chi connectivity index (χ4n) is 2.67. The average Bonchev–Trinajstić information content (AvgIpc) is 2.27. The van der Waals surface area contributed by atoms with Crippen LogP contribution in [0, 0.1) is 11.3 Å². The predicted octanol–water partition coefficient (Wildman–Crippen LogP) is 2.79. The van der Waals surface area contributed by atoms with Gasteiger partial charge in [-0.25, -0.2) is 0 Å². The molecule has 1 atom stereocenters.